The number of carbonyl (C=O) groups excluding carboxylic acids is 4. The summed E-state index contributed by atoms with van der Waals surface area (Å²) in [5, 5.41) is 0. The number of carbonyl (C=O) groups is 4. The van der Waals surface area contributed by atoms with Gasteiger partial charge < -0.3 is 18.9 Å². The van der Waals surface area contributed by atoms with Crippen molar-refractivity contribution in [1.29, 1.82) is 0 Å². The van der Waals surface area contributed by atoms with Crippen LogP contribution in [0.3, 0.4) is 0 Å². The van der Waals surface area contributed by atoms with E-state index < -0.39 is 0 Å². The van der Waals surface area contributed by atoms with E-state index >= 15 is 0 Å². The fourth-order valence-electron chi connectivity index (χ4n) is 6.65. The minimum absolute atomic E-state index is 0.166. The Morgan fingerprint density at radius 2 is 0.596 bits per heavy atom. The van der Waals surface area contributed by atoms with Crippen LogP contribution < -0.4 is 0 Å². The molecule has 5 aliphatic heterocycles. The largest absolute Gasteiger partial charge is 0.469 e. The van der Waals surface area contributed by atoms with Crippen LogP contribution in [0.15, 0.2) is 112 Å². The molecule has 8 bridgehead atoms. The lowest BCUT2D eigenvalue weighted by Crippen LogP contribution is -2.05. The zero-order chi connectivity index (χ0) is 37.7. The van der Waals surface area contributed by atoms with Gasteiger partial charge in [-0.15, -0.1) is 0 Å². The van der Waals surface area contributed by atoms with Crippen molar-refractivity contribution in [2.45, 2.75) is 79.1 Å². The average molecular weight is 709 g/mol. The number of fused-ring (bicyclic) bond motifs is 4. The van der Waals surface area contributed by atoms with E-state index in [1.165, 1.54) is 28.4 Å². The van der Waals surface area contributed by atoms with Gasteiger partial charge in [0.1, 0.15) is 0 Å². The van der Waals surface area contributed by atoms with Crippen LogP contribution >= 0.6 is 0 Å². The molecule has 5 heterocycles. The summed E-state index contributed by atoms with van der Waals surface area (Å²) < 4.78 is 19.8. The molecule has 12 heteroatoms. The van der Waals surface area contributed by atoms with Crippen LogP contribution in [0.25, 0.3) is 0 Å². The molecule has 12 nitrogen and oxygen atoms in total. The SMILES string of the molecule is COC(=O)CCC1=C(C)C2=CC3=NC(=CC4=NC(=CC5=NC(=CC1=N2)C(C)=C5CCC(=O)OC)C(C)=C4CCC(=O)OC)C(C)=C3CCC(=O)OC. The van der Waals surface area contributed by atoms with Crippen LogP contribution in [-0.4, -0.2) is 75.2 Å². The highest BCUT2D eigenvalue weighted by atomic mass is 16.5. The van der Waals surface area contributed by atoms with Crippen molar-refractivity contribution in [2.75, 3.05) is 28.4 Å². The van der Waals surface area contributed by atoms with Gasteiger partial charge in [-0.05, 0) is 122 Å². The summed E-state index contributed by atoms with van der Waals surface area (Å²) in [7, 11) is 5.46. The highest BCUT2D eigenvalue weighted by Crippen LogP contribution is 2.38. The number of rotatable bonds is 12. The molecule has 0 aliphatic carbocycles. The molecule has 272 valence electrons. The minimum Gasteiger partial charge on any atom is -0.469 e. The highest BCUT2D eigenvalue weighted by Gasteiger charge is 2.30. The smallest absolute Gasteiger partial charge is 0.305 e. The molecule has 0 amide bonds. The van der Waals surface area contributed by atoms with Gasteiger partial charge in [0.2, 0.25) is 0 Å². The Labute approximate surface area is 303 Å². The van der Waals surface area contributed by atoms with Gasteiger partial charge in [0.15, 0.2) is 0 Å². The standard InChI is InChI=1S/C40H44N4O8/c1-21-25(9-13-37(45)49-5)33-18-30-23(3)27(11-15-39(47)51-7)35(43-30)20-32-24(4)28(12-16-40(48)52-8)36(44-32)19-31-22(2)26(10-14-38(46)50-6)34(42-31)17-29(21)41-33/h17-20H,9-16H2,1-8H3. The molecule has 0 radical (unpaired) electrons. The van der Waals surface area contributed by atoms with Crippen molar-refractivity contribution in [3.63, 3.8) is 0 Å². The van der Waals surface area contributed by atoms with Gasteiger partial charge in [-0.3, -0.25) is 19.2 Å². The number of esters is 4. The van der Waals surface area contributed by atoms with Gasteiger partial charge in [-0.2, -0.15) is 0 Å². The molecule has 0 aromatic carbocycles. The number of methoxy groups -OCH3 is 4. The first-order valence-electron chi connectivity index (χ1n) is 17.2. The molecule has 52 heavy (non-hydrogen) atoms. The van der Waals surface area contributed by atoms with Crippen molar-refractivity contribution in [2.24, 2.45) is 20.0 Å². The van der Waals surface area contributed by atoms with Crippen LogP contribution in [0.2, 0.25) is 0 Å². The van der Waals surface area contributed by atoms with Gasteiger partial charge in [-0.25, -0.2) is 20.0 Å². The second-order valence-electron chi connectivity index (χ2n) is 12.8. The van der Waals surface area contributed by atoms with Crippen LogP contribution in [0.4, 0.5) is 0 Å². The van der Waals surface area contributed by atoms with Gasteiger partial charge >= 0.3 is 23.9 Å². The van der Waals surface area contributed by atoms with Crippen molar-refractivity contribution < 1.29 is 38.1 Å². The zero-order valence-electron chi connectivity index (χ0n) is 31.0. The summed E-state index contributed by atoms with van der Waals surface area (Å²) in [6.45, 7) is 7.86. The van der Waals surface area contributed by atoms with E-state index in [0.29, 0.717) is 71.3 Å². The molecule has 0 unspecified atom stereocenters. The van der Waals surface area contributed by atoms with Gasteiger partial charge in [0.25, 0.3) is 0 Å². The number of allylic oxidation sites excluding steroid dienone is 12. The molecule has 0 saturated heterocycles. The third kappa shape index (κ3) is 8.01. The van der Waals surface area contributed by atoms with Crippen molar-refractivity contribution in [3.8, 4) is 0 Å². The maximum atomic E-state index is 12.3. The number of ether oxygens (including phenoxy) is 4. The molecular weight excluding hydrogens is 664 g/mol. The van der Waals surface area contributed by atoms with E-state index in [-0.39, 0.29) is 49.6 Å². The van der Waals surface area contributed by atoms with Crippen LogP contribution in [0, 0.1) is 0 Å². The molecule has 0 atom stereocenters. The van der Waals surface area contributed by atoms with Crippen LogP contribution in [-0.2, 0) is 38.1 Å². The summed E-state index contributed by atoms with van der Waals surface area (Å²) in [4.78, 5) is 69.3. The average Bonchev–Trinajstić information content (AvgIpc) is 3.80. The Kier molecular flexibility index (Phi) is 11.8. The monoisotopic (exact) mass is 708 g/mol. The maximum Gasteiger partial charge on any atom is 0.305 e. The first-order valence-corrected chi connectivity index (χ1v) is 17.2. The number of aliphatic imine (C=N–C) groups is 4. The van der Waals surface area contributed by atoms with Crippen molar-refractivity contribution in [1.82, 2.24) is 0 Å². The molecule has 0 aromatic rings. The fourth-order valence-corrected chi connectivity index (χ4v) is 6.65. The summed E-state index contributed by atoms with van der Waals surface area (Å²) in [6.07, 6.45) is 9.91. The third-order valence-electron chi connectivity index (χ3n) is 9.87. The van der Waals surface area contributed by atoms with Crippen LogP contribution in [0.1, 0.15) is 79.1 Å². The normalized spacial score (nSPS) is 18.0. The highest BCUT2D eigenvalue weighted by molar-refractivity contribution is 6.20. The molecule has 0 spiro atoms. The van der Waals surface area contributed by atoms with Crippen molar-refractivity contribution >= 4 is 46.7 Å². The Morgan fingerprint density at radius 1 is 0.404 bits per heavy atom. The molecular formula is C40H44N4O8. The molecule has 5 rings (SSSR count). The zero-order valence-corrected chi connectivity index (χ0v) is 31.0. The Bertz CT molecular complexity index is 1730. The maximum absolute atomic E-state index is 12.3. The lowest BCUT2D eigenvalue weighted by Gasteiger charge is -2.07. The lowest BCUT2D eigenvalue weighted by molar-refractivity contribution is -0.141. The predicted octanol–water partition coefficient (Wildman–Crippen LogP) is 6.43. The summed E-state index contributed by atoms with van der Waals surface area (Å²) in [5.41, 5.74) is 12.4. The second kappa shape index (κ2) is 16.2. The number of hydrogen-bond donors (Lipinski definition) is 0. The Hall–Kier alpha value is -5.52. The number of nitrogens with zero attached hydrogens (tertiary/aromatic N) is 4. The second-order valence-corrected chi connectivity index (χ2v) is 12.8. The fraction of sp³-hybridized carbons (Fsp3) is 0.400. The number of hydrogen-bond acceptors (Lipinski definition) is 12. The topological polar surface area (TPSA) is 155 Å². The predicted molar refractivity (Wildman–Crippen MR) is 198 cm³/mol. The van der Waals surface area contributed by atoms with Gasteiger partial charge in [0, 0.05) is 25.7 Å². The first-order chi connectivity index (χ1) is 24.9. The van der Waals surface area contributed by atoms with Gasteiger partial charge in [0.05, 0.1) is 74.1 Å². The molecule has 0 fully saturated rings. The van der Waals surface area contributed by atoms with E-state index in [2.05, 4.69) is 0 Å². The summed E-state index contributed by atoms with van der Waals surface area (Å²) in [5.74, 6) is -1.33. The molecule has 0 saturated carbocycles. The molecule has 0 aromatic heterocycles. The van der Waals surface area contributed by atoms with E-state index in [9.17, 15) is 19.2 Å². The summed E-state index contributed by atoms with van der Waals surface area (Å²) >= 11 is 0. The summed E-state index contributed by atoms with van der Waals surface area (Å²) in [6, 6.07) is 0. The Morgan fingerprint density at radius 3 is 0.769 bits per heavy atom. The van der Waals surface area contributed by atoms with E-state index in [1.54, 1.807) is 0 Å². The quantitative estimate of drug-likeness (QED) is 0.166. The molecule has 5 aliphatic rings. The van der Waals surface area contributed by atoms with E-state index in [0.717, 1.165) is 44.6 Å². The van der Waals surface area contributed by atoms with E-state index in [1.807, 2.05) is 52.0 Å². The van der Waals surface area contributed by atoms with Crippen molar-refractivity contribution in [3.05, 3.63) is 91.7 Å². The van der Waals surface area contributed by atoms with Crippen LogP contribution in [0.5, 0.6) is 0 Å². The van der Waals surface area contributed by atoms with Gasteiger partial charge in [-0.1, -0.05) is 0 Å². The Balaban J connectivity index is 1.74. The molecule has 0 N–H and O–H groups in total. The minimum atomic E-state index is -0.332. The lowest BCUT2D eigenvalue weighted by atomic mass is 9.95. The first kappa shape index (κ1) is 37.7. The van der Waals surface area contributed by atoms with E-state index in [4.69, 9.17) is 38.9 Å². The third-order valence-corrected chi connectivity index (χ3v) is 9.87.